The molecule has 26 heavy (non-hydrogen) atoms. The van der Waals surface area contributed by atoms with Crippen LogP contribution < -0.4 is 10.2 Å². The molecule has 0 aromatic heterocycles. The van der Waals surface area contributed by atoms with Crippen LogP contribution in [0.4, 0.5) is 10.1 Å². The lowest BCUT2D eigenvalue weighted by Gasteiger charge is -2.36. The average Bonchev–Trinajstić information content (AvgIpc) is 2.69. The SMILES string of the molecule is N#Cc1ccc(C(=O)NCCN2CCN(c3ccc(F)cc3)CC2)cc1. The Morgan fingerprint density at radius 2 is 1.69 bits per heavy atom. The van der Waals surface area contributed by atoms with Crippen molar-refractivity contribution in [1.29, 1.82) is 5.26 Å². The summed E-state index contributed by atoms with van der Waals surface area (Å²) in [6.45, 7) is 4.95. The molecular weight excluding hydrogens is 331 g/mol. The first kappa shape index (κ1) is 17.9. The quantitative estimate of drug-likeness (QED) is 0.897. The van der Waals surface area contributed by atoms with E-state index in [9.17, 15) is 9.18 Å². The van der Waals surface area contributed by atoms with Crippen molar-refractivity contribution in [2.75, 3.05) is 44.2 Å². The molecule has 5 nitrogen and oxygen atoms in total. The van der Waals surface area contributed by atoms with Crippen LogP contribution >= 0.6 is 0 Å². The van der Waals surface area contributed by atoms with Crippen LogP contribution in [0.15, 0.2) is 48.5 Å². The number of hydrogen-bond acceptors (Lipinski definition) is 4. The van der Waals surface area contributed by atoms with Gasteiger partial charge in [0.25, 0.3) is 5.91 Å². The van der Waals surface area contributed by atoms with Gasteiger partial charge in [-0.05, 0) is 48.5 Å². The van der Waals surface area contributed by atoms with Gasteiger partial charge in [0.05, 0.1) is 11.6 Å². The maximum Gasteiger partial charge on any atom is 0.251 e. The number of hydrogen-bond donors (Lipinski definition) is 1. The molecule has 134 valence electrons. The number of nitrogens with zero attached hydrogens (tertiary/aromatic N) is 3. The van der Waals surface area contributed by atoms with Crippen molar-refractivity contribution >= 4 is 11.6 Å². The number of benzene rings is 2. The van der Waals surface area contributed by atoms with Gasteiger partial charge in [0.2, 0.25) is 0 Å². The Morgan fingerprint density at radius 3 is 2.31 bits per heavy atom. The van der Waals surface area contributed by atoms with E-state index in [0.717, 1.165) is 38.4 Å². The number of carbonyl (C=O) groups is 1. The highest BCUT2D eigenvalue weighted by molar-refractivity contribution is 5.94. The second kappa shape index (κ2) is 8.45. The van der Waals surface area contributed by atoms with Crippen LogP contribution in [0.5, 0.6) is 0 Å². The molecule has 1 aliphatic rings. The van der Waals surface area contributed by atoms with Gasteiger partial charge in [0.15, 0.2) is 0 Å². The molecule has 3 rings (SSSR count). The first-order valence-corrected chi connectivity index (χ1v) is 8.67. The summed E-state index contributed by atoms with van der Waals surface area (Å²) < 4.78 is 13.0. The highest BCUT2D eigenvalue weighted by Crippen LogP contribution is 2.16. The summed E-state index contributed by atoms with van der Waals surface area (Å²) in [6, 6.07) is 15.2. The van der Waals surface area contributed by atoms with Crippen molar-refractivity contribution in [3.05, 3.63) is 65.5 Å². The number of piperazine rings is 1. The molecule has 1 amide bonds. The van der Waals surface area contributed by atoms with Gasteiger partial charge >= 0.3 is 0 Å². The van der Waals surface area contributed by atoms with E-state index >= 15 is 0 Å². The molecule has 0 spiro atoms. The molecule has 0 saturated carbocycles. The Labute approximate surface area is 152 Å². The Kier molecular flexibility index (Phi) is 5.82. The van der Waals surface area contributed by atoms with Gasteiger partial charge in [-0.1, -0.05) is 0 Å². The van der Waals surface area contributed by atoms with Crippen LogP contribution in [0.25, 0.3) is 0 Å². The summed E-state index contributed by atoms with van der Waals surface area (Å²) in [6.07, 6.45) is 0. The molecule has 0 bridgehead atoms. The predicted molar refractivity (Wildman–Crippen MR) is 98.5 cm³/mol. The Morgan fingerprint density at radius 1 is 1.04 bits per heavy atom. The highest BCUT2D eigenvalue weighted by Gasteiger charge is 2.17. The molecule has 2 aromatic carbocycles. The minimum Gasteiger partial charge on any atom is -0.369 e. The van der Waals surface area contributed by atoms with E-state index in [-0.39, 0.29) is 11.7 Å². The Bertz CT molecular complexity index is 775. The van der Waals surface area contributed by atoms with E-state index in [4.69, 9.17) is 5.26 Å². The van der Waals surface area contributed by atoms with E-state index in [1.807, 2.05) is 18.2 Å². The fraction of sp³-hybridized carbons (Fsp3) is 0.300. The molecule has 0 atom stereocenters. The van der Waals surface area contributed by atoms with E-state index in [0.29, 0.717) is 17.7 Å². The average molecular weight is 352 g/mol. The smallest absolute Gasteiger partial charge is 0.251 e. The van der Waals surface area contributed by atoms with Gasteiger partial charge in [0, 0.05) is 50.5 Å². The van der Waals surface area contributed by atoms with E-state index < -0.39 is 0 Å². The van der Waals surface area contributed by atoms with Crippen LogP contribution in [-0.2, 0) is 0 Å². The molecule has 0 radical (unpaired) electrons. The summed E-state index contributed by atoms with van der Waals surface area (Å²) >= 11 is 0. The number of nitrogens with one attached hydrogen (secondary N) is 1. The third-order valence-electron chi connectivity index (χ3n) is 4.55. The molecule has 1 heterocycles. The van der Waals surface area contributed by atoms with Crippen LogP contribution in [-0.4, -0.2) is 50.1 Å². The molecule has 2 aromatic rings. The van der Waals surface area contributed by atoms with E-state index in [1.165, 1.54) is 12.1 Å². The monoisotopic (exact) mass is 352 g/mol. The van der Waals surface area contributed by atoms with Gasteiger partial charge in [-0.15, -0.1) is 0 Å². The molecule has 1 aliphatic heterocycles. The van der Waals surface area contributed by atoms with Crippen molar-refractivity contribution in [1.82, 2.24) is 10.2 Å². The topological polar surface area (TPSA) is 59.4 Å². The first-order chi connectivity index (χ1) is 12.7. The second-order valence-corrected chi connectivity index (χ2v) is 6.25. The number of anilines is 1. The molecule has 1 saturated heterocycles. The predicted octanol–water partition coefficient (Wildman–Crippen LogP) is 2.25. The zero-order valence-corrected chi connectivity index (χ0v) is 14.5. The molecule has 0 unspecified atom stereocenters. The van der Waals surface area contributed by atoms with Crippen molar-refractivity contribution in [2.45, 2.75) is 0 Å². The molecular formula is C20H21FN4O. The summed E-state index contributed by atoms with van der Waals surface area (Å²) in [5.74, 6) is -0.343. The molecule has 6 heteroatoms. The first-order valence-electron chi connectivity index (χ1n) is 8.67. The lowest BCUT2D eigenvalue weighted by molar-refractivity contribution is 0.0948. The zero-order chi connectivity index (χ0) is 18.4. The van der Waals surface area contributed by atoms with Crippen LogP contribution in [0.1, 0.15) is 15.9 Å². The Hall–Kier alpha value is -2.91. The summed E-state index contributed by atoms with van der Waals surface area (Å²) in [7, 11) is 0. The third kappa shape index (κ3) is 4.58. The fourth-order valence-electron chi connectivity index (χ4n) is 3.01. The summed E-state index contributed by atoms with van der Waals surface area (Å²) in [5, 5.41) is 11.7. The number of carbonyl (C=O) groups excluding carboxylic acids is 1. The van der Waals surface area contributed by atoms with Gasteiger partial charge in [0.1, 0.15) is 5.82 Å². The Balaban J connectivity index is 1.40. The number of amides is 1. The lowest BCUT2D eigenvalue weighted by Crippen LogP contribution is -2.48. The van der Waals surface area contributed by atoms with Crippen LogP contribution in [0, 0.1) is 17.1 Å². The van der Waals surface area contributed by atoms with Crippen LogP contribution in [0.2, 0.25) is 0 Å². The lowest BCUT2D eigenvalue weighted by atomic mass is 10.1. The van der Waals surface area contributed by atoms with Gasteiger partial charge in [-0.25, -0.2) is 4.39 Å². The summed E-state index contributed by atoms with van der Waals surface area (Å²) in [4.78, 5) is 16.6. The van der Waals surface area contributed by atoms with E-state index in [1.54, 1.807) is 24.3 Å². The van der Waals surface area contributed by atoms with Crippen molar-refractivity contribution in [2.24, 2.45) is 0 Å². The minimum atomic E-state index is -0.217. The van der Waals surface area contributed by atoms with Gasteiger partial charge in [-0.3, -0.25) is 9.69 Å². The second-order valence-electron chi connectivity index (χ2n) is 6.25. The van der Waals surface area contributed by atoms with Crippen molar-refractivity contribution in [3.8, 4) is 6.07 Å². The highest BCUT2D eigenvalue weighted by atomic mass is 19.1. The van der Waals surface area contributed by atoms with Crippen LogP contribution in [0.3, 0.4) is 0 Å². The van der Waals surface area contributed by atoms with Crippen molar-refractivity contribution < 1.29 is 9.18 Å². The number of halogens is 1. The summed E-state index contributed by atoms with van der Waals surface area (Å²) in [5.41, 5.74) is 2.14. The molecule has 1 fully saturated rings. The standard InChI is InChI=1S/C20H21FN4O/c21-18-5-7-19(8-6-18)25-13-11-24(12-14-25)10-9-23-20(26)17-3-1-16(15-22)2-4-17/h1-8H,9-14H2,(H,23,26). The normalized spacial score (nSPS) is 14.7. The minimum absolute atomic E-state index is 0.126. The third-order valence-corrected chi connectivity index (χ3v) is 4.55. The van der Waals surface area contributed by atoms with E-state index in [2.05, 4.69) is 15.1 Å². The molecule has 1 N–H and O–H groups in total. The van der Waals surface area contributed by atoms with Gasteiger partial charge < -0.3 is 10.2 Å². The van der Waals surface area contributed by atoms with Crippen molar-refractivity contribution in [3.63, 3.8) is 0 Å². The number of nitriles is 1. The largest absolute Gasteiger partial charge is 0.369 e. The maximum absolute atomic E-state index is 13.0. The fourth-order valence-corrected chi connectivity index (χ4v) is 3.01. The zero-order valence-electron chi connectivity index (χ0n) is 14.5. The maximum atomic E-state index is 13.0. The number of rotatable bonds is 5. The van der Waals surface area contributed by atoms with Gasteiger partial charge in [-0.2, -0.15) is 5.26 Å². The molecule has 0 aliphatic carbocycles.